The van der Waals surface area contributed by atoms with E-state index in [2.05, 4.69) is 18.8 Å². The molecule has 0 fully saturated rings. The van der Waals surface area contributed by atoms with Crippen LogP contribution in [-0.4, -0.2) is 11.2 Å². The van der Waals surface area contributed by atoms with Crippen molar-refractivity contribution in [2.24, 2.45) is 0 Å². The first-order valence-electron chi connectivity index (χ1n) is 4.25. The van der Waals surface area contributed by atoms with Crippen molar-refractivity contribution >= 4 is 11.6 Å². The second-order valence-electron chi connectivity index (χ2n) is 2.59. The van der Waals surface area contributed by atoms with Crippen LogP contribution in [0, 0.1) is 11.8 Å². The van der Waals surface area contributed by atoms with Gasteiger partial charge in [0.1, 0.15) is 6.10 Å². The molecule has 0 aliphatic heterocycles. The first-order valence-corrected chi connectivity index (χ1v) is 4.69. The number of halogens is 1. The highest BCUT2D eigenvalue weighted by Crippen LogP contribution is 2.01. The molecule has 0 aromatic rings. The van der Waals surface area contributed by atoms with Crippen LogP contribution in [0.1, 0.15) is 32.6 Å². The largest absolute Gasteiger partial charge is 0.380 e. The number of unbranched alkanes of at least 4 members (excludes halogenated alkanes) is 2. The van der Waals surface area contributed by atoms with Crippen molar-refractivity contribution in [2.45, 2.75) is 38.7 Å². The fraction of sp³-hybridized carbons (Fsp3) is 0.600. The van der Waals surface area contributed by atoms with E-state index in [4.69, 9.17) is 11.6 Å². The summed E-state index contributed by atoms with van der Waals surface area (Å²) in [5, 5.41) is 9.25. The van der Waals surface area contributed by atoms with Crippen molar-refractivity contribution in [3.05, 3.63) is 11.6 Å². The Hall–Kier alpha value is -0.450. The van der Waals surface area contributed by atoms with E-state index in [0.717, 1.165) is 19.3 Å². The lowest BCUT2D eigenvalue weighted by molar-refractivity contribution is 0.217. The van der Waals surface area contributed by atoms with E-state index >= 15 is 0 Å². The third-order valence-corrected chi connectivity index (χ3v) is 1.60. The van der Waals surface area contributed by atoms with E-state index in [1.165, 1.54) is 18.0 Å². The molecule has 0 aromatic heterocycles. The van der Waals surface area contributed by atoms with Crippen LogP contribution in [0.25, 0.3) is 0 Å². The zero-order chi connectivity index (χ0) is 9.23. The molecule has 0 aromatic carbocycles. The molecule has 1 N–H and O–H groups in total. The standard InChI is InChI=1S/C10H15ClO/c1-2-3-4-7-10(12)8-5-6-9-11/h6,9-10,12H,2-4,7H2,1H3/b9-6+. The average molecular weight is 187 g/mol. The molecule has 0 aliphatic rings. The summed E-state index contributed by atoms with van der Waals surface area (Å²) < 4.78 is 0. The minimum Gasteiger partial charge on any atom is -0.380 e. The molecular weight excluding hydrogens is 172 g/mol. The van der Waals surface area contributed by atoms with Crippen LogP contribution in [0.4, 0.5) is 0 Å². The molecular formula is C10H15ClO. The van der Waals surface area contributed by atoms with Gasteiger partial charge in [-0.1, -0.05) is 43.2 Å². The maximum Gasteiger partial charge on any atom is 0.115 e. The number of rotatable bonds is 4. The predicted octanol–water partition coefficient (Wildman–Crippen LogP) is 2.68. The van der Waals surface area contributed by atoms with Gasteiger partial charge in [-0.25, -0.2) is 0 Å². The Morgan fingerprint density at radius 1 is 1.50 bits per heavy atom. The van der Waals surface area contributed by atoms with E-state index in [1.54, 1.807) is 0 Å². The number of aliphatic hydroxyl groups is 1. The Kier molecular flexibility index (Phi) is 8.32. The van der Waals surface area contributed by atoms with Gasteiger partial charge >= 0.3 is 0 Å². The second-order valence-corrected chi connectivity index (χ2v) is 2.84. The van der Waals surface area contributed by atoms with Gasteiger partial charge < -0.3 is 5.11 Å². The van der Waals surface area contributed by atoms with E-state index in [-0.39, 0.29) is 0 Å². The summed E-state index contributed by atoms with van der Waals surface area (Å²) in [5.74, 6) is 5.33. The van der Waals surface area contributed by atoms with Gasteiger partial charge in [0, 0.05) is 5.54 Å². The third kappa shape index (κ3) is 7.65. The van der Waals surface area contributed by atoms with Crippen molar-refractivity contribution in [3.63, 3.8) is 0 Å². The smallest absolute Gasteiger partial charge is 0.115 e. The van der Waals surface area contributed by atoms with Crippen LogP contribution in [0.2, 0.25) is 0 Å². The van der Waals surface area contributed by atoms with Crippen LogP contribution in [-0.2, 0) is 0 Å². The Balaban J connectivity index is 3.46. The molecule has 1 unspecified atom stereocenters. The molecule has 0 spiro atoms. The monoisotopic (exact) mass is 186 g/mol. The zero-order valence-corrected chi connectivity index (χ0v) is 8.14. The Morgan fingerprint density at radius 2 is 2.25 bits per heavy atom. The minimum atomic E-state index is -0.496. The Bertz CT molecular complexity index is 176. The minimum absolute atomic E-state index is 0.496. The molecule has 68 valence electrons. The normalized spacial score (nSPS) is 12.6. The van der Waals surface area contributed by atoms with Gasteiger partial charge in [0.2, 0.25) is 0 Å². The van der Waals surface area contributed by atoms with Gasteiger partial charge in [0.15, 0.2) is 0 Å². The molecule has 0 radical (unpaired) electrons. The number of hydrogen-bond donors (Lipinski definition) is 1. The Morgan fingerprint density at radius 3 is 2.83 bits per heavy atom. The van der Waals surface area contributed by atoms with E-state index in [9.17, 15) is 5.11 Å². The molecule has 12 heavy (non-hydrogen) atoms. The van der Waals surface area contributed by atoms with Gasteiger partial charge in [0.25, 0.3) is 0 Å². The molecule has 0 rings (SSSR count). The molecule has 0 heterocycles. The summed E-state index contributed by atoms with van der Waals surface area (Å²) in [6.07, 6.45) is 5.15. The first kappa shape index (κ1) is 11.6. The highest BCUT2D eigenvalue weighted by molar-refractivity contribution is 6.25. The summed E-state index contributed by atoms with van der Waals surface area (Å²) in [6.45, 7) is 2.13. The maximum absolute atomic E-state index is 9.25. The highest BCUT2D eigenvalue weighted by atomic mass is 35.5. The number of aliphatic hydroxyl groups excluding tert-OH is 1. The van der Waals surface area contributed by atoms with Gasteiger partial charge in [-0.05, 0) is 18.9 Å². The van der Waals surface area contributed by atoms with Crippen LogP contribution < -0.4 is 0 Å². The lowest BCUT2D eigenvalue weighted by atomic mass is 10.1. The lowest BCUT2D eigenvalue weighted by Gasteiger charge is -2.00. The van der Waals surface area contributed by atoms with Gasteiger partial charge in [0.05, 0.1) is 0 Å². The molecule has 0 amide bonds. The maximum atomic E-state index is 9.25. The summed E-state index contributed by atoms with van der Waals surface area (Å²) in [5.41, 5.74) is 1.34. The molecule has 1 nitrogen and oxygen atoms in total. The van der Waals surface area contributed by atoms with E-state index in [1.807, 2.05) is 0 Å². The summed E-state index contributed by atoms with van der Waals surface area (Å²) >= 11 is 5.25. The van der Waals surface area contributed by atoms with Crippen molar-refractivity contribution in [3.8, 4) is 11.8 Å². The SMILES string of the molecule is CCCCCC(O)C#C/C=C/Cl. The first-order chi connectivity index (χ1) is 5.81. The molecule has 0 bridgehead atoms. The van der Waals surface area contributed by atoms with Crippen LogP contribution in [0.5, 0.6) is 0 Å². The van der Waals surface area contributed by atoms with Crippen LogP contribution in [0.15, 0.2) is 11.6 Å². The average Bonchev–Trinajstić information content (AvgIpc) is 2.06. The van der Waals surface area contributed by atoms with Crippen molar-refractivity contribution in [1.82, 2.24) is 0 Å². The summed E-state index contributed by atoms with van der Waals surface area (Å²) in [4.78, 5) is 0. The Labute approximate surface area is 79.4 Å². The third-order valence-electron chi connectivity index (χ3n) is 1.48. The predicted molar refractivity (Wildman–Crippen MR) is 52.9 cm³/mol. The fourth-order valence-corrected chi connectivity index (χ4v) is 0.899. The molecule has 0 saturated carbocycles. The highest BCUT2D eigenvalue weighted by Gasteiger charge is 1.96. The summed E-state index contributed by atoms with van der Waals surface area (Å²) in [7, 11) is 0. The molecule has 2 heteroatoms. The van der Waals surface area contributed by atoms with Crippen LogP contribution in [0.3, 0.4) is 0 Å². The van der Waals surface area contributed by atoms with E-state index < -0.39 is 6.10 Å². The van der Waals surface area contributed by atoms with Crippen LogP contribution >= 0.6 is 11.6 Å². The lowest BCUT2D eigenvalue weighted by Crippen LogP contribution is -2.01. The molecule has 0 saturated heterocycles. The number of hydrogen-bond acceptors (Lipinski definition) is 1. The van der Waals surface area contributed by atoms with Gasteiger partial charge in [-0.3, -0.25) is 0 Å². The zero-order valence-electron chi connectivity index (χ0n) is 7.39. The quantitative estimate of drug-likeness (QED) is 0.529. The van der Waals surface area contributed by atoms with Crippen molar-refractivity contribution < 1.29 is 5.11 Å². The summed E-state index contributed by atoms with van der Waals surface area (Å²) in [6, 6.07) is 0. The second kappa shape index (κ2) is 8.64. The van der Waals surface area contributed by atoms with Gasteiger partial charge in [-0.2, -0.15) is 0 Å². The van der Waals surface area contributed by atoms with Crippen molar-refractivity contribution in [2.75, 3.05) is 0 Å². The van der Waals surface area contributed by atoms with Gasteiger partial charge in [-0.15, -0.1) is 0 Å². The van der Waals surface area contributed by atoms with Crippen molar-refractivity contribution in [1.29, 1.82) is 0 Å². The molecule has 1 atom stereocenters. The van der Waals surface area contributed by atoms with E-state index in [0.29, 0.717) is 0 Å². The number of allylic oxidation sites excluding steroid dienone is 1. The topological polar surface area (TPSA) is 20.2 Å². The fourth-order valence-electron chi connectivity index (χ4n) is 0.836. The molecule has 0 aliphatic carbocycles.